The van der Waals surface area contributed by atoms with Crippen LogP contribution in [0.1, 0.15) is 50.8 Å². The number of furan rings is 1. The summed E-state index contributed by atoms with van der Waals surface area (Å²) in [7, 11) is 0. The lowest BCUT2D eigenvalue weighted by Crippen LogP contribution is -2.34. The predicted molar refractivity (Wildman–Crippen MR) is 89.7 cm³/mol. The highest BCUT2D eigenvalue weighted by Gasteiger charge is 2.26. The molecule has 1 saturated heterocycles. The summed E-state index contributed by atoms with van der Waals surface area (Å²) >= 11 is 6.89. The zero-order valence-corrected chi connectivity index (χ0v) is 15.2. The average Bonchev–Trinajstić information content (AvgIpc) is 2.64. The van der Waals surface area contributed by atoms with E-state index < -0.39 is 0 Å². The molecule has 1 aromatic heterocycles. The average molecular weight is 408 g/mol. The minimum Gasteiger partial charge on any atom is -0.451 e. The standard InChI is InChI=1S/C15H24Br2N2O/c1-2-4-11-5-3-7-19(8-6-11)13(10-18)14-9-12(16)15(17)20-14/h9,11,13H,2-8,10,18H2,1H3. The van der Waals surface area contributed by atoms with Crippen LogP contribution < -0.4 is 5.73 Å². The molecule has 2 rings (SSSR count). The molecule has 0 bridgehead atoms. The van der Waals surface area contributed by atoms with Crippen molar-refractivity contribution in [1.82, 2.24) is 4.90 Å². The van der Waals surface area contributed by atoms with Crippen LogP contribution in [-0.2, 0) is 0 Å². The lowest BCUT2D eigenvalue weighted by Gasteiger charge is -2.28. The zero-order valence-electron chi connectivity index (χ0n) is 12.1. The fraction of sp³-hybridized carbons (Fsp3) is 0.733. The zero-order chi connectivity index (χ0) is 14.5. The van der Waals surface area contributed by atoms with Gasteiger partial charge in [0.05, 0.1) is 10.5 Å². The molecule has 0 spiro atoms. The van der Waals surface area contributed by atoms with E-state index in [0.29, 0.717) is 6.54 Å². The highest BCUT2D eigenvalue weighted by molar-refractivity contribution is 9.13. The molecule has 1 aliphatic rings. The first kappa shape index (κ1) is 16.5. The van der Waals surface area contributed by atoms with E-state index in [4.69, 9.17) is 10.2 Å². The maximum Gasteiger partial charge on any atom is 0.183 e. The van der Waals surface area contributed by atoms with Crippen molar-refractivity contribution in [2.45, 2.75) is 45.1 Å². The van der Waals surface area contributed by atoms with Crippen molar-refractivity contribution < 1.29 is 4.42 Å². The molecule has 2 atom stereocenters. The number of nitrogens with zero attached hydrogens (tertiary/aromatic N) is 1. The second-order valence-electron chi connectivity index (χ2n) is 5.64. The summed E-state index contributed by atoms with van der Waals surface area (Å²) in [5.41, 5.74) is 6.01. The molecule has 0 amide bonds. The molecule has 114 valence electrons. The third kappa shape index (κ3) is 4.09. The maximum atomic E-state index is 6.01. The van der Waals surface area contributed by atoms with Gasteiger partial charge in [0.2, 0.25) is 0 Å². The van der Waals surface area contributed by atoms with Crippen LogP contribution in [0.4, 0.5) is 0 Å². The number of hydrogen-bond donors (Lipinski definition) is 1. The van der Waals surface area contributed by atoms with Crippen LogP contribution in [0.25, 0.3) is 0 Å². The monoisotopic (exact) mass is 406 g/mol. The third-order valence-electron chi connectivity index (χ3n) is 4.24. The number of rotatable bonds is 5. The first-order valence-corrected chi connectivity index (χ1v) is 9.13. The largest absolute Gasteiger partial charge is 0.451 e. The summed E-state index contributed by atoms with van der Waals surface area (Å²) in [5.74, 6) is 1.85. The molecule has 0 aromatic carbocycles. The van der Waals surface area contributed by atoms with Crippen molar-refractivity contribution in [1.29, 1.82) is 0 Å². The summed E-state index contributed by atoms with van der Waals surface area (Å²) in [5, 5.41) is 0. The Morgan fingerprint density at radius 3 is 2.80 bits per heavy atom. The first-order chi connectivity index (χ1) is 9.65. The number of hydrogen-bond acceptors (Lipinski definition) is 3. The molecule has 0 aliphatic carbocycles. The lowest BCUT2D eigenvalue weighted by molar-refractivity contribution is 0.182. The van der Waals surface area contributed by atoms with Crippen LogP contribution in [0.15, 0.2) is 19.6 Å². The molecule has 5 heteroatoms. The van der Waals surface area contributed by atoms with Gasteiger partial charge in [-0.05, 0) is 76.2 Å². The molecular formula is C15H24Br2N2O. The Hall–Kier alpha value is 0.160. The van der Waals surface area contributed by atoms with Crippen LogP contribution in [0.3, 0.4) is 0 Å². The van der Waals surface area contributed by atoms with Crippen LogP contribution in [0.2, 0.25) is 0 Å². The van der Waals surface area contributed by atoms with Gasteiger partial charge in [0.1, 0.15) is 5.76 Å². The van der Waals surface area contributed by atoms with Crippen LogP contribution >= 0.6 is 31.9 Å². The SMILES string of the molecule is CCCC1CCCN(C(CN)c2cc(Br)c(Br)o2)CC1. The normalized spacial score (nSPS) is 22.7. The smallest absolute Gasteiger partial charge is 0.183 e. The molecule has 1 aromatic rings. The summed E-state index contributed by atoms with van der Waals surface area (Å²) < 4.78 is 7.50. The molecule has 0 radical (unpaired) electrons. The van der Waals surface area contributed by atoms with Crippen molar-refractivity contribution in [2.24, 2.45) is 11.7 Å². The quantitative estimate of drug-likeness (QED) is 0.768. The Morgan fingerprint density at radius 2 is 2.20 bits per heavy atom. The summed E-state index contributed by atoms with van der Waals surface area (Å²) in [4.78, 5) is 2.49. The molecule has 1 fully saturated rings. The molecule has 3 nitrogen and oxygen atoms in total. The molecule has 2 heterocycles. The van der Waals surface area contributed by atoms with E-state index >= 15 is 0 Å². The minimum absolute atomic E-state index is 0.193. The molecule has 1 aliphatic heterocycles. The van der Waals surface area contributed by atoms with Gasteiger partial charge < -0.3 is 10.2 Å². The predicted octanol–water partition coefficient (Wildman–Crippen LogP) is 4.71. The number of halogens is 2. The van der Waals surface area contributed by atoms with Crippen molar-refractivity contribution in [2.75, 3.05) is 19.6 Å². The van der Waals surface area contributed by atoms with Gasteiger partial charge in [0, 0.05) is 6.54 Å². The maximum absolute atomic E-state index is 6.01. The van der Waals surface area contributed by atoms with Gasteiger partial charge in [-0.15, -0.1) is 0 Å². The van der Waals surface area contributed by atoms with Crippen molar-refractivity contribution >= 4 is 31.9 Å². The van der Waals surface area contributed by atoms with Crippen LogP contribution in [0, 0.1) is 5.92 Å². The van der Waals surface area contributed by atoms with Crippen molar-refractivity contribution in [3.8, 4) is 0 Å². The van der Waals surface area contributed by atoms with E-state index in [1.807, 2.05) is 6.07 Å². The summed E-state index contributed by atoms with van der Waals surface area (Å²) in [6.07, 6.45) is 6.56. The molecular weight excluding hydrogens is 384 g/mol. The summed E-state index contributed by atoms with van der Waals surface area (Å²) in [6, 6.07) is 2.23. The van der Waals surface area contributed by atoms with Crippen molar-refractivity contribution in [3.63, 3.8) is 0 Å². The van der Waals surface area contributed by atoms with Crippen molar-refractivity contribution in [3.05, 3.63) is 21.0 Å². The molecule has 20 heavy (non-hydrogen) atoms. The van der Waals surface area contributed by atoms with Gasteiger partial charge in [-0.1, -0.05) is 19.8 Å². The van der Waals surface area contributed by atoms with E-state index in [1.54, 1.807) is 0 Å². The van der Waals surface area contributed by atoms with Crippen LogP contribution in [0.5, 0.6) is 0 Å². The fourth-order valence-corrected chi connectivity index (χ4v) is 3.78. The first-order valence-electron chi connectivity index (χ1n) is 7.54. The fourth-order valence-electron chi connectivity index (χ4n) is 3.17. The Balaban J connectivity index is 2.04. The molecule has 0 saturated carbocycles. The third-order valence-corrected chi connectivity index (χ3v) is 5.95. The summed E-state index contributed by atoms with van der Waals surface area (Å²) in [6.45, 7) is 5.13. The van der Waals surface area contributed by atoms with Gasteiger partial charge in [0.25, 0.3) is 0 Å². The van der Waals surface area contributed by atoms with E-state index in [2.05, 4.69) is 43.7 Å². The van der Waals surface area contributed by atoms with Gasteiger partial charge in [0.15, 0.2) is 4.67 Å². The minimum atomic E-state index is 0.193. The van der Waals surface area contributed by atoms with Gasteiger partial charge in [-0.3, -0.25) is 4.90 Å². The Bertz CT molecular complexity index is 403. The van der Waals surface area contributed by atoms with E-state index in [1.165, 1.54) is 32.1 Å². The number of likely N-dealkylation sites (tertiary alicyclic amines) is 1. The highest BCUT2D eigenvalue weighted by Crippen LogP contribution is 2.33. The van der Waals surface area contributed by atoms with E-state index in [0.717, 1.165) is 33.9 Å². The van der Waals surface area contributed by atoms with E-state index in [9.17, 15) is 0 Å². The molecule has 2 unspecified atom stereocenters. The van der Waals surface area contributed by atoms with Gasteiger partial charge in [-0.25, -0.2) is 0 Å². The second kappa shape index (κ2) is 7.97. The van der Waals surface area contributed by atoms with E-state index in [-0.39, 0.29) is 6.04 Å². The Morgan fingerprint density at radius 1 is 1.40 bits per heavy atom. The van der Waals surface area contributed by atoms with Gasteiger partial charge >= 0.3 is 0 Å². The Labute approximate surface area is 138 Å². The lowest BCUT2D eigenvalue weighted by atomic mass is 9.96. The second-order valence-corrected chi connectivity index (χ2v) is 7.22. The number of nitrogens with two attached hydrogens (primary N) is 1. The van der Waals surface area contributed by atoms with Gasteiger partial charge in [-0.2, -0.15) is 0 Å². The Kier molecular flexibility index (Phi) is 6.59. The van der Waals surface area contributed by atoms with Crippen LogP contribution in [-0.4, -0.2) is 24.5 Å². The highest BCUT2D eigenvalue weighted by atomic mass is 79.9. The topological polar surface area (TPSA) is 42.4 Å². The molecule has 2 N–H and O–H groups in total.